The molecule has 0 unspecified atom stereocenters. The molecule has 0 amide bonds. The second-order valence-corrected chi connectivity index (χ2v) is 11.9. The molecule has 38 heavy (non-hydrogen) atoms. The second kappa shape index (κ2) is 10.3. The molecule has 0 radical (unpaired) electrons. The van der Waals surface area contributed by atoms with Gasteiger partial charge in [0.25, 0.3) is 0 Å². The number of halogens is 1. The predicted molar refractivity (Wildman–Crippen MR) is 149 cm³/mol. The maximum Gasteiger partial charge on any atom is 0.308 e. The Balaban J connectivity index is 1.51. The number of hydrogen-bond acceptors (Lipinski definition) is 4. The minimum absolute atomic E-state index is 0.179. The zero-order valence-electron chi connectivity index (χ0n) is 22.9. The third-order valence-corrected chi connectivity index (χ3v) is 6.94. The van der Waals surface area contributed by atoms with E-state index in [1.54, 1.807) is 0 Å². The van der Waals surface area contributed by atoms with Crippen molar-refractivity contribution in [2.75, 3.05) is 0 Å². The number of ether oxygens (including phenoxy) is 3. The van der Waals surface area contributed by atoms with Crippen LogP contribution in [0.2, 0.25) is 0 Å². The van der Waals surface area contributed by atoms with E-state index >= 15 is 0 Å². The molecule has 2 atom stereocenters. The van der Waals surface area contributed by atoms with Gasteiger partial charge in [-0.25, -0.2) is 4.39 Å². The summed E-state index contributed by atoms with van der Waals surface area (Å²) in [5.41, 5.74) is 4.02. The highest BCUT2D eigenvalue weighted by molar-refractivity contribution is 6.02. The molecule has 0 N–H and O–H groups in total. The van der Waals surface area contributed by atoms with E-state index < -0.39 is 11.4 Å². The van der Waals surface area contributed by atoms with Crippen molar-refractivity contribution in [1.29, 1.82) is 0 Å². The van der Waals surface area contributed by atoms with Crippen LogP contribution in [-0.4, -0.2) is 29.6 Å². The first-order chi connectivity index (χ1) is 18.0. The Kier molecular flexibility index (Phi) is 7.19. The number of rotatable bonds is 6. The third kappa shape index (κ3) is 6.33. The van der Waals surface area contributed by atoms with Crippen molar-refractivity contribution in [2.45, 2.75) is 89.8 Å². The second-order valence-electron chi connectivity index (χ2n) is 11.9. The van der Waals surface area contributed by atoms with E-state index in [4.69, 9.17) is 14.2 Å². The van der Waals surface area contributed by atoms with Gasteiger partial charge in [0.05, 0.1) is 18.6 Å². The molecule has 2 aliphatic rings. The molecule has 4 nitrogen and oxygen atoms in total. The van der Waals surface area contributed by atoms with Crippen LogP contribution in [0, 0.1) is 5.82 Å². The van der Waals surface area contributed by atoms with E-state index in [-0.39, 0.29) is 30.4 Å². The smallest absolute Gasteiger partial charge is 0.308 e. The van der Waals surface area contributed by atoms with Gasteiger partial charge in [-0.05, 0) is 98.5 Å². The van der Waals surface area contributed by atoms with Crippen LogP contribution in [0.25, 0.3) is 28.0 Å². The standard InChI is InChI=1S/C33H37FO4/c1-32(2,3)38-30(35)20-26-19-25(36-33(4,5)37-26)16-17-28-29(21-10-11-21)18-23-8-6-7-9-27(23)31(28)22-12-14-24(34)15-13-22/h6-9,12-18,21,25-26H,10-11,19-20H2,1-5H3/b17-16+/t25-,26-/m1/s1. The topological polar surface area (TPSA) is 44.8 Å². The number of esters is 1. The zero-order valence-corrected chi connectivity index (χ0v) is 22.9. The molecule has 0 spiro atoms. The summed E-state index contributed by atoms with van der Waals surface area (Å²) in [7, 11) is 0. The summed E-state index contributed by atoms with van der Waals surface area (Å²) < 4.78 is 31.7. The van der Waals surface area contributed by atoms with Crippen LogP contribution < -0.4 is 0 Å². The molecule has 5 heteroatoms. The maximum absolute atomic E-state index is 13.8. The molecule has 3 aromatic carbocycles. The molecule has 1 saturated heterocycles. The van der Waals surface area contributed by atoms with Gasteiger partial charge in [0.2, 0.25) is 0 Å². The van der Waals surface area contributed by atoms with Crippen LogP contribution in [-0.2, 0) is 19.0 Å². The summed E-state index contributed by atoms with van der Waals surface area (Å²) >= 11 is 0. The van der Waals surface area contributed by atoms with Crippen molar-refractivity contribution < 1.29 is 23.4 Å². The fourth-order valence-corrected chi connectivity index (χ4v) is 5.39. The third-order valence-electron chi connectivity index (χ3n) is 6.94. The van der Waals surface area contributed by atoms with Gasteiger partial charge in [-0.15, -0.1) is 0 Å². The summed E-state index contributed by atoms with van der Waals surface area (Å²) in [6, 6.07) is 17.4. The highest BCUT2D eigenvalue weighted by Crippen LogP contribution is 2.47. The number of benzene rings is 3. The summed E-state index contributed by atoms with van der Waals surface area (Å²) in [5.74, 6) is -0.831. The van der Waals surface area contributed by atoms with Gasteiger partial charge in [-0.1, -0.05) is 54.6 Å². The van der Waals surface area contributed by atoms with Gasteiger partial charge in [-0.3, -0.25) is 4.79 Å². The minimum Gasteiger partial charge on any atom is -0.460 e. The number of fused-ring (bicyclic) bond motifs is 1. The SMILES string of the molecule is CC(C)(C)OC(=O)C[C@H]1C[C@@H](/C=C/c2c(C3CC3)cc3ccccc3c2-c2ccc(F)cc2)OC(C)(C)O1. The van der Waals surface area contributed by atoms with E-state index in [2.05, 4.69) is 36.4 Å². The van der Waals surface area contributed by atoms with Crippen molar-refractivity contribution in [3.8, 4) is 11.1 Å². The van der Waals surface area contributed by atoms with Crippen LogP contribution >= 0.6 is 0 Å². The van der Waals surface area contributed by atoms with Crippen LogP contribution in [0.3, 0.4) is 0 Å². The summed E-state index contributed by atoms with van der Waals surface area (Å²) in [4.78, 5) is 12.5. The molecular weight excluding hydrogens is 479 g/mol. The lowest BCUT2D eigenvalue weighted by atomic mass is 9.87. The zero-order chi connectivity index (χ0) is 27.1. The highest BCUT2D eigenvalue weighted by Gasteiger charge is 2.36. The van der Waals surface area contributed by atoms with Crippen LogP contribution in [0.4, 0.5) is 4.39 Å². The Morgan fingerprint density at radius 3 is 2.47 bits per heavy atom. The van der Waals surface area contributed by atoms with Crippen molar-refractivity contribution in [3.63, 3.8) is 0 Å². The van der Waals surface area contributed by atoms with Gasteiger partial charge in [-0.2, -0.15) is 0 Å². The molecule has 5 rings (SSSR count). The lowest BCUT2D eigenvalue weighted by Gasteiger charge is -2.39. The minimum atomic E-state index is -0.831. The Bertz CT molecular complexity index is 1350. The van der Waals surface area contributed by atoms with E-state index in [1.807, 2.05) is 52.8 Å². The average Bonchev–Trinajstić information content (AvgIpc) is 3.66. The maximum atomic E-state index is 13.8. The van der Waals surface area contributed by atoms with Gasteiger partial charge in [0.15, 0.2) is 5.79 Å². The van der Waals surface area contributed by atoms with Gasteiger partial charge in [0, 0.05) is 6.42 Å². The quantitative estimate of drug-likeness (QED) is 0.310. The first-order valence-electron chi connectivity index (χ1n) is 13.5. The van der Waals surface area contributed by atoms with Crippen molar-refractivity contribution in [3.05, 3.63) is 77.6 Å². The van der Waals surface area contributed by atoms with E-state index in [1.165, 1.54) is 35.9 Å². The Hall–Kier alpha value is -3.02. The molecule has 1 heterocycles. The van der Waals surface area contributed by atoms with E-state index in [9.17, 15) is 9.18 Å². The van der Waals surface area contributed by atoms with E-state index in [0.717, 1.165) is 22.1 Å². The first-order valence-corrected chi connectivity index (χ1v) is 13.5. The fraction of sp³-hybridized carbons (Fsp3) is 0.424. The molecule has 1 aliphatic heterocycles. The Labute approximate surface area is 224 Å². The van der Waals surface area contributed by atoms with E-state index in [0.29, 0.717) is 12.3 Å². The largest absolute Gasteiger partial charge is 0.460 e. The van der Waals surface area contributed by atoms with Gasteiger partial charge < -0.3 is 14.2 Å². The monoisotopic (exact) mass is 516 g/mol. The molecule has 1 aliphatic carbocycles. The molecule has 0 bridgehead atoms. The van der Waals surface area contributed by atoms with Crippen LogP contribution in [0.1, 0.15) is 77.3 Å². The van der Waals surface area contributed by atoms with Crippen molar-refractivity contribution in [2.24, 2.45) is 0 Å². The molecule has 2 fully saturated rings. The lowest BCUT2D eigenvalue weighted by Crippen LogP contribution is -2.45. The Morgan fingerprint density at radius 2 is 1.79 bits per heavy atom. The lowest BCUT2D eigenvalue weighted by molar-refractivity contribution is -0.290. The highest BCUT2D eigenvalue weighted by atomic mass is 19.1. The predicted octanol–water partition coefficient (Wildman–Crippen LogP) is 8.18. The molecule has 3 aromatic rings. The fourth-order valence-electron chi connectivity index (χ4n) is 5.39. The molecule has 0 aromatic heterocycles. The number of carbonyl (C=O) groups is 1. The van der Waals surface area contributed by atoms with Crippen LogP contribution in [0.15, 0.2) is 60.7 Å². The van der Waals surface area contributed by atoms with Crippen molar-refractivity contribution >= 4 is 22.8 Å². The summed E-state index contributed by atoms with van der Waals surface area (Å²) in [5, 5.41) is 2.32. The van der Waals surface area contributed by atoms with Gasteiger partial charge in [0.1, 0.15) is 11.4 Å². The van der Waals surface area contributed by atoms with Crippen LogP contribution in [0.5, 0.6) is 0 Å². The summed E-state index contributed by atoms with van der Waals surface area (Å²) in [6.45, 7) is 9.36. The Morgan fingerprint density at radius 1 is 1.08 bits per heavy atom. The van der Waals surface area contributed by atoms with Gasteiger partial charge >= 0.3 is 5.97 Å². The first kappa shape index (κ1) is 26.6. The number of carbonyl (C=O) groups excluding carboxylic acids is 1. The summed E-state index contributed by atoms with van der Waals surface area (Å²) in [6.07, 6.45) is 6.78. The number of hydrogen-bond donors (Lipinski definition) is 0. The average molecular weight is 517 g/mol. The normalized spacial score (nSPS) is 21.6. The van der Waals surface area contributed by atoms with Crippen molar-refractivity contribution in [1.82, 2.24) is 0 Å². The molecule has 1 saturated carbocycles. The molecular formula is C33H37FO4. The molecule has 200 valence electrons.